The van der Waals surface area contributed by atoms with Gasteiger partial charge in [0.15, 0.2) is 0 Å². The maximum atomic E-state index is 10.9. The predicted octanol–water partition coefficient (Wildman–Crippen LogP) is 1.54. The van der Waals surface area contributed by atoms with Crippen LogP contribution in [0.3, 0.4) is 0 Å². The van der Waals surface area contributed by atoms with Crippen molar-refractivity contribution in [2.45, 2.75) is 13.8 Å². The van der Waals surface area contributed by atoms with Gasteiger partial charge in [-0.15, -0.1) is 0 Å². The Balaban J connectivity index is 2.84. The quantitative estimate of drug-likeness (QED) is 0.741. The summed E-state index contributed by atoms with van der Waals surface area (Å²) in [6, 6.07) is 0. The molecule has 0 aliphatic heterocycles. The number of carboxylic acids is 1. The van der Waals surface area contributed by atoms with Gasteiger partial charge in [0.2, 0.25) is 5.71 Å². The zero-order valence-corrected chi connectivity index (χ0v) is 7.74. The van der Waals surface area contributed by atoms with E-state index in [1.165, 1.54) is 6.20 Å². The van der Waals surface area contributed by atoms with Crippen molar-refractivity contribution in [3.63, 3.8) is 0 Å². The number of hydrogen-bond acceptors (Lipinski definition) is 4. The molecule has 0 aliphatic carbocycles. The van der Waals surface area contributed by atoms with Gasteiger partial charge in [-0.3, -0.25) is 0 Å². The van der Waals surface area contributed by atoms with Crippen molar-refractivity contribution in [3.05, 3.63) is 23.3 Å². The van der Waals surface area contributed by atoms with Crippen LogP contribution in [0.5, 0.6) is 0 Å². The van der Waals surface area contributed by atoms with Crippen molar-refractivity contribution in [1.29, 1.82) is 0 Å². The third kappa shape index (κ3) is 1.14. The molecule has 0 saturated heterocycles. The van der Waals surface area contributed by atoms with Crippen LogP contribution in [0.1, 0.15) is 21.9 Å². The summed E-state index contributed by atoms with van der Waals surface area (Å²) in [6.45, 7) is 3.32. The fourth-order valence-electron chi connectivity index (χ4n) is 1.35. The fourth-order valence-corrected chi connectivity index (χ4v) is 1.35. The van der Waals surface area contributed by atoms with Crippen molar-refractivity contribution in [3.8, 4) is 0 Å². The highest BCUT2D eigenvalue weighted by atomic mass is 16.4. The minimum atomic E-state index is -1.02. The van der Waals surface area contributed by atoms with Gasteiger partial charge in [-0.05, 0) is 13.8 Å². The number of carbonyl (C=O) groups is 1. The summed E-state index contributed by atoms with van der Waals surface area (Å²) in [4.78, 5) is 18.8. The molecule has 0 aliphatic rings. The van der Waals surface area contributed by atoms with Crippen LogP contribution in [0.4, 0.5) is 0 Å². The summed E-state index contributed by atoms with van der Waals surface area (Å²) >= 11 is 0. The van der Waals surface area contributed by atoms with E-state index in [0.29, 0.717) is 22.7 Å². The Morgan fingerprint density at radius 1 is 1.50 bits per heavy atom. The normalized spacial score (nSPS) is 10.7. The summed E-state index contributed by atoms with van der Waals surface area (Å²) < 4.78 is 5.21. The molecule has 5 heteroatoms. The SMILES string of the molecule is Cc1ncc2c(C(=O)O)c(C)oc2n1. The van der Waals surface area contributed by atoms with Crippen LogP contribution < -0.4 is 0 Å². The lowest BCUT2D eigenvalue weighted by molar-refractivity contribution is 0.0697. The second kappa shape index (κ2) is 2.80. The van der Waals surface area contributed by atoms with Crippen molar-refractivity contribution >= 4 is 17.1 Å². The van der Waals surface area contributed by atoms with Crippen molar-refractivity contribution in [1.82, 2.24) is 9.97 Å². The molecule has 0 atom stereocenters. The molecule has 0 aromatic carbocycles. The van der Waals surface area contributed by atoms with E-state index in [0.717, 1.165) is 0 Å². The standard InChI is InChI=1S/C9H8N2O3/c1-4-7(9(12)13)6-3-10-5(2)11-8(6)14-4/h3H,1-2H3,(H,12,13). The Morgan fingerprint density at radius 2 is 2.21 bits per heavy atom. The molecule has 0 radical (unpaired) electrons. The molecular weight excluding hydrogens is 184 g/mol. The maximum absolute atomic E-state index is 10.9. The molecule has 0 fully saturated rings. The number of aromatic nitrogens is 2. The van der Waals surface area contributed by atoms with Gasteiger partial charge >= 0.3 is 5.97 Å². The first-order valence-electron chi connectivity index (χ1n) is 4.05. The summed E-state index contributed by atoms with van der Waals surface area (Å²) in [7, 11) is 0. The Hall–Kier alpha value is -1.91. The van der Waals surface area contributed by atoms with Crippen LogP contribution in [-0.2, 0) is 0 Å². The summed E-state index contributed by atoms with van der Waals surface area (Å²) in [5.41, 5.74) is 0.465. The minimum absolute atomic E-state index is 0.139. The molecule has 72 valence electrons. The molecule has 0 amide bonds. The number of carboxylic acid groups (broad SMARTS) is 1. The Kier molecular flexibility index (Phi) is 1.73. The average Bonchev–Trinajstić information content (AvgIpc) is 2.39. The second-order valence-corrected chi connectivity index (χ2v) is 2.97. The van der Waals surface area contributed by atoms with Crippen LogP contribution in [0.15, 0.2) is 10.6 Å². The van der Waals surface area contributed by atoms with Crippen LogP contribution in [-0.4, -0.2) is 21.0 Å². The number of hydrogen-bond donors (Lipinski definition) is 1. The van der Waals surface area contributed by atoms with Gasteiger partial charge in [-0.2, -0.15) is 4.98 Å². The van der Waals surface area contributed by atoms with E-state index in [1.807, 2.05) is 0 Å². The monoisotopic (exact) mass is 192 g/mol. The van der Waals surface area contributed by atoms with E-state index in [-0.39, 0.29) is 5.56 Å². The van der Waals surface area contributed by atoms with E-state index >= 15 is 0 Å². The van der Waals surface area contributed by atoms with Crippen LogP contribution >= 0.6 is 0 Å². The van der Waals surface area contributed by atoms with Crippen molar-refractivity contribution in [2.75, 3.05) is 0 Å². The molecule has 0 saturated carbocycles. The number of aryl methyl sites for hydroxylation is 2. The van der Waals surface area contributed by atoms with Gasteiger partial charge in [0.1, 0.15) is 17.1 Å². The van der Waals surface area contributed by atoms with E-state index < -0.39 is 5.97 Å². The van der Waals surface area contributed by atoms with Gasteiger partial charge in [-0.1, -0.05) is 0 Å². The number of rotatable bonds is 1. The predicted molar refractivity (Wildman–Crippen MR) is 48.2 cm³/mol. The number of aromatic carboxylic acids is 1. The molecule has 1 N–H and O–H groups in total. The first-order valence-corrected chi connectivity index (χ1v) is 4.05. The highest BCUT2D eigenvalue weighted by molar-refractivity contribution is 6.02. The Labute approximate surface area is 79.4 Å². The lowest BCUT2D eigenvalue weighted by Crippen LogP contribution is -1.97. The molecule has 2 heterocycles. The van der Waals surface area contributed by atoms with E-state index in [9.17, 15) is 4.79 Å². The number of furan rings is 1. The summed E-state index contributed by atoms with van der Waals surface area (Å²) in [5.74, 6) is -0.107. The second-order valence-electron chi connectivity index (χ2n) is 2.97. The van der Waals surface area contributed by atoms with Gasteiger partial charge in [0.25, 0.3) is 0 Å². The lowest BCUT2D eigenvalue weighted by Gasteiger charge is -1.90. The van der Waals surface area contributed by atoms with Gasteiger partial charge < -0.3 is 9.52 Å². The number of nitrogens with zero attached hydrogens (tertiary/aromatic N) is 2. The highest BCUT2D eigenvalue weighted by Crippen LogP contribution is 2.22. The van der Waals surface area contributed by atoms with E-state index in [4.69, 9.17) is 9.52 Å². The molecule has 0 spiro atoms. The van der Waals surface area contributed by atoms with E-state index in [2.05, 4.69) is 9.97 Å². The van der Waals surface area contributed by atoms with Crippen LogP contribution in [0, 0.1) is 13.8 Å². The van der Waals surface area contributed by atoms with Crippen LogP contribution in [0.2, 0.25) is 0 Å². The van der Waals surface area contributed by atoms with Crippen molar-refractivity contribution in [2.24, 2.45) is 0 Å². The zero-order chi connectivity index (χ0) is 10.3. The smallest absolute Gasteiger partial charge is 0.340 e. The largest absolute Gasteiger partial charge is 0.478 e. The fraction of sp³-hybridized carbons (Fsp3) is 0.222. The maximum Gasteiger partial charge on any atom is 0.340 e. The first kappa shape index (κ1) is 8.68. The lowest BCUT2D eigenvalue weighted by atomic mass is 10.2. The van der Waals surface area contributed by atoms with Gasteiger partial charge in [0.05, 0.1) is 5.39 Å². The van der Waals surface area contributed by atoms with Gasteiger partial charge in [0, 0.05) is 6.20 Å². The molecule has 14 heavy (non-hydrogen) atoms. The third-order valence-electron chi connectivity index (χ3n) is 1.96. The van der Waals surface area contributed by atoms with Gasteiger partial charge in [-0.25, -0.2) is 9.78 Å². The summed E-state index contributed by atoms with van der Waals surface area (Å²) in [6.07, 6.45) is 1.47. The molecule has 2 aromatic heterocycles. The molecule has 0 bridgehead atoms. The summed E-state index contributed by atoms with van der Waals surface area (Å²) in [5, 5.41) is 9.35. The molecule has 2 rings (SSSR count). The Morgan fingerprint density at radius 3 is 2.86 bits per heavy atom. The average molecular weight is 192 g/mol. The molecular formula is C9H8N2O3. The third-order valence-corrected chi connectivity index (χ3v) is 1.96. The molecule has 5 nitrogen and oxygen atoms in total. The van der Waals surface area contributed by atoms with Crippen molar-refractivity contribution < 1.29 is 14.3 Å². The minimum Gasteiger partial charge on any atom is -0.478 e. The number of fused-ring (bicyclic) bond motifs is 1. The topological polar surface area (TPSA) is 76.2 Å². The zero-order valence-electron chi connectivity index (χ0n) is 7.74. The highest BCUT2D eigenvalue weighted by Gasteiger charge is 2.18. The molecule has 2 aromatic rings. The first-order chi connectivity index (χ1) is 6.59. The van der Waals surface area contributed by atoms with Crippen LogP contribution in [0.25, 0.3) is 11.1 Å². The molecule has 0 unspecified atom stereocenters. The van der Waals surface area contributed by atoms with E-state index in [1.54, 1.807) is 13.8 Å². The Bertz CT molecular complexity index is 516.